The Bertz CT molecular complexity index is 702. The molecule has 8 heteroatoms. The Hall–Kier alpha value is -3.16. The number of nitro benzene ring substituents is 1. The molecule has 2 rings (SSSR count). The second-order valence-corrected chi connectivity index (χ2v) is 3.97. The molecule has 0 saturated heterocycles. The molecule has 0 fully saturated rings. The minimum Gasteiger partial charge on any atom is -0.496 e. The van der Waals surface area contributed by atoms with Crippen LogP contribution in [0.2, 0.25) is 0 Å². The average molecular weight is 289 g/mol. The minimum atomic E-state index is -1.18. The third kappa shape index (κ3) is 3.06. The highest BCUT2D eigenvalue weighted by Gasteiger charge is 2.18. The molecule has 1 heterocycles. The number of hydrogen-bond donors (Lipinski definition) is 2. The number of ether oxygens (including phenoxy) is 1. The van der Waals surface area contributed by atoms with E-state index in [1.54, 1.807) is 0 Å². The molecular weight excluding hydrogens is 278 g/mol. The third-order valence-electron chi connectivity index (χ3n) is 2.69. The number of anilines is 2. The fourth-order valence-electron chi connectivity index (χ4n) is 1.70. The number of rotatable bonds is 5. The lowest BCUT2D eigenvalue weighted by atomic mass is 10.2. The largest absolute Gasteiger partial charge is 0.496 e. The molecule has 0 aliphatic heterocycles. The standard InChI is InChI=1S/C13H11N3O5/c1-21-8-4-5-10(11(7-8)16(19)20)15-12-9(13(17)18)3-2-6-14-12/h2-7H,1H3,(H,14,15)(H,17,18). The second kappa shape index (κ2) is 5.87. The first kappa shape index (κ1) is 14.3. The average Bonchev–Trinajstić information content (AvgIpc) is 2.47. The molecule has 1 aromatic heterocycles. The summed E-state index contributed by atoms with van der Waals surface area (Å²) in [6, 6.07) is 7.02. The zero-order valence-corrected chi connectivity index (χ0v) is 10.9. The number of carboxylic acids is 1. The molecule has 0 bridgehead atoms. The highest BCUT2D eigenvalue weighted by Crippen LogP contribution is 2.31. The molecule has 0 radical (unpaired) electrons. The molecule has 0 amide bonds. The minimum absolute atomic E-state index is 0.0262. The van der Waals surface area contributed by atoms with Crippen LogP contribution in [0.15, 0.2) is 36.5 Å². The van der Waals surface area contributed by atoms with Gasteiger partial charge in [0.25, 0.3) is 5.69 Å². The van der Waals surface area contributed by atoms with Crippen LogP contribution in [-0.4, -0.2) is 28.1 Å². The summed E-state index contributed by atoms with van der Waals surface area (Å²) < 4.78 is 4.93. The van der Waals surface area contributed by atoms with Crippen molar-refractivity contribution in [2.75, 3.05) is 12.4 Å². The van der Waals surface area contributed by atoms with Gasteiger partial charge in [-0.2, -0.15) is 0 Å². The number of carboxylic acid groups (broad SMARTS) is 1. The van der Waals surface area contributed by atoms with Crippen molar-refractivity contribution < 1.29 is 19.6 Å². The molecule has 0 unspecified atom stereocenters. The number of aromatic nitrogens is 1. The fourth-order valence-corrected chi connectivity index (χ4v) is 1.70. The van der Waals surface area contributed by atoms with Crippen molar-refractivity contribution in [2.24, 2.45) is 0 Å². The first-order valence-corrected chi connectivity index (χ1v) is 5.80. The van der Waals surface area contributed by atoms with E-state index in [1.165, 1.54) is 43.6 Å². The Morgan fingerprint density at radius 1 is 1.43 bits per heavy atom. The lowest BCUT2D eigenvalue weighted by molar-refractivity contribution is -0.384. The molecule has 21 heavy (non-hydrogen) atoms. The van der Waals surface area contributed by atoms with Crippen molar-refractivity contribution >= 4 is 23.2 Å². The van der Waals surface area contributed by atoms with E-state index >= 15 is 0 Å². The Morgan fingerprint density at radius 3 is 2.81 bits per heavy atom. The maximum absolute atomic E-state index is 11.1. The molecule has 1 aromatic carbocycles. The number of methoxy groups -OCH3 is 1. The van der Waals surface area contributed by atoms with Crippen molar-refractivity contribution in [1.82, 2.24) is 4.98 Å². The molecule has 0 aliphatic carbocycles. The van der Waals surface area contributed by atoms with E-state index in [2.05, 4.69) is 10.3 Å². The summed E-state index contributed by atoms with van der Waals surface area (Å²) >= 11 is 0. The van der Waals surface area contributed by atoms with Crippen LogP contribution in [0.4, 0.5) is 17.2 Å². The van der Waals surface area contributed by atoms with Gasteiger partial charge in [-0.1, -0.05) is 0 Å². The quantitative estimate of drug-likeness (QED) is 0.641. The lowest BCUT2D eigenvalue weighted by Crippen LogP contribution is -2.05. The highest BCUT2D eigenvalue weighted by molar-refractivity contribution is 5.94. The predicted octanol–water partition coefficient (Wildman–Crippen LogP) is 2.44. The van der Waals surface area contributed by atoms with E-state index in [4.69, 9.17) is 9.84 Å². The molecule has 0 spiro atoms. The maximum Gasteiger partial charge on any atom is 0.339 e. The van der Waals surface area contributed by atoms with Gasteiger partial charge in [-0.15, -0.1) is 0 Å². The number of carbonyl (C=O) groups is 1. The lowest BCUT2D eigenvalue weighted by Gasteiger charge is -2.09. The predicted molar refractivity (Wildman–Crippen MR) is 74.1 cm³/mol. The van der Waals surface area contributed by atoms with E-state index in [-0.39, 0.29) is 22.8 Å². The number of nitrogens with zero attached hydrogens (tertiary/aromatic N) is 2. The van der Waals surface area contributed by atoms with E-state index in [0.717, 1.165) is 0 Å². The molecule has 0 atom stereocenters. The van der Waals surface area contributed by atoms with E-state index in [0.29, 0.717) is 5.75 Å². The summed E-state index contributed by atoms with van der Waals surface area (Å²) in [5, 5.41) is 22.8. The van der Waals surface area contributed by atoms with Gasteiger partial charge in [0.1, 0.15) is 22.8 Å². The van der Waals surface area contributed by atoms with Gasteiger partial charge in [-0.05, 0) is 24.3 Å². The fraction of sp³-hybridized carbons (Fsp3) is 0.0769. The van der Waals surface area contributed by atoms with E-state index < -0.39 is 10.9 Å². The molecule has 8 nitrogen and oxygen atoms in total. The molecule has 2 aromatic rings. The van der Waals surface area contributed by atoms with Gasteiger partial charge in [0, 0.05) is 6.20 Å². The van der Waals surface area contributed by atoms with Gasteiger partial charge in [-0.3, -0.25) is 10.1 Å². The van der Waals surface area contributed by atoms with Gasteiger partial charge in [0.15, 0.2) is 0 Å². The van der Waals surface area contributed by atoms with Gasteiger partial charge < -0.3 is 15.2 Å². The zero-order chi connectivity index (χ0) is 15.4. The molecular formula is C13H11N3O5. The van der Waals surface area contributed by atoms with Crippen molar-refractivity contribution in [2.45, 2.75) is 0 Å². The topological polar surface area (TPSA) is 115 Å². The Kier molecular flexibility index (Phi) is 3.98. The van der Waals surface area contributed by atoms with Crippen LogP contribution in [0.5, 0.6) is 5.75 Å². The number of hydrogen-bond acceptors (Lipinski definition) is 6. The van der Waals surface area contributed by atoms with Crippen LogP contribution < -0.4 is 10.1 Å². The summed E-state index contributed by atoms with van der Waals surface area (Å²) in [5.41, 5.74) is -0.194. The molecule has 0 aliphatic rings. The van der Waals surface area contributed by atoms with Gasteiger partial charge in [-0.25, -0.2) is 9.78 Å². The normalized spacial score (nSPS) is 9.95. The number of nitro groups is 1. The van der Waals surface area contributed by atoms with Crippen LogP contribution in [0.1, 0.15) is 10.4 Å². The van der Waals surface area contributed by atoms with Crippen molar-refractivity contribution in [3.05, 3.63) is 52.2 Å². The summed E-state index contributed by atoms with van der Waals surface area (Å²) in [7, 11) is 1.40. The van der Waals surface area contributed by atoms with Gasteiger partial charge in [0.05, 0.1) is 18.1 Å². The zero-order valence-electron chi connectivity index (χ0n) is 10.9. The third-order valence-corrected chi connectivity index (χ3v) is 2.69. The highest BCUT2D eigenvalue weighted by atomic mass is 16.6. The van der Waals surface area contributed by atoms with Gasteiger partial charge >= 0.3 is 5.97 Å². The Labute approximate surface area is 119 Å². The monoisotopic (exact) mass is 289 g/mol. The van der Waals surface area contributed by atoms with Gasteiger partial charge in [0.2, 0.25) is 0 Å². The molecule has 0 saturated carbocycles. The molecule has 108 valence electrons. The van der Waals surface area contributed by atoms with Crippen molar-refractivity contribution in [3.8, 4) is 5.75 Å². The number of nitrogens with one attached hydrogen (secondary N) is 1. The Morgan fingerprint density at radius 2 is 2.19 bits per heavy atom. The van der Waals surface area contributed by atoms with Crippen LogP contribution in [0.25, 0.3) is 0 Å². The summed E-state index contributed by atoms with van der Waals surface area (Å²) in [6.45, 7) is 0. The summed E-state index contributed by atoms with van der Waals surface area (Å²) in [4.78, 5) is 25.5. The maximum atomic E-state index is 11.1. The van der Waals surface area contributed by atoms with Crippen LogP contribution in [-0.2, 0) is 0 Å². The van der Waals surface area contributed by atoms with Crippen LogP contribution in [0.3, 0.4) is 0 Å². The van der Waals surface area contributed by atoms with Crippen molar-refractivity contribution in [1.29, 1.82) is 0 Å². The summed E-state index contributed by atoms with van der Waals surface area (Å²) in [6.07, 6.45) is 1.39. The van der Waals surface area contributed by atoms with E-state index in [1.807, 2.05) is 0 Å². The number of pyridine rings is 1. The van der Waals surface area contributed by atoms with Crippen LogP contribution >= 0.6 is 0 Å². The Balaban J connectivity index is 2.45. The second-order valence-electron chi connectivity index (χ2n) is 3.97. The van der Waals surface area contributed by atoms with Crippen molar-refractivity contribution in [3.63, 3.8) is 0 Å². The summed E-state index contributed by atoms with van der Waals surface area (Å²) in [5.74, 6) is -0.827. The van der Waals surface area contributed by atoms with E-state index in [9.17, 15) is 14.9 Å². The SMILES string of the molecule is COc1ccc(Nc2ncccc2C(=O)O)c([N+](=O)[O-])c1. The number of benzene rings is 1. The smallest absolute Gasteiger partial charge is 0.339 e. The molecule has 2 N–H and O–H groups in total. The first-order valence-electron chi connectivity index (χ1n) is 5.80. The first-order chi connectivity index (χ1) is 10.0. The number of aromatic carboxylic acids is 1. The van der Waals surface area contributed by atoms with Crippen LogP contribution in [0, 0.1) is 10.1 Å².